The molecule has 1 rings (SSSR count). The van der Waals surface area contributed by atoms with Gasteiger partial charge in [0.05, 0.1) is 11.8 Å². The van der Waals surface area contributed by atoms with Gasteiger partial charge in [-0.25, -0.2) is 0 Å². The predicted octanol–water partition coefficient (Wildman–Crippen LogP) is 10.5. The molecule has 1 aliphatic rings. The molecule has 0 N–H and O–H groups in total. The van der Waals surface area contributed by atoms with Crippen molar-refractivity contribution in [2.24, 2.45) is 11.8 Å². The first kappa shape index (κ1) is 32.2. The number of ether oxygens (including phenoxy) is 1. The summed E-state index contributed by atoms with van der Waals surface area (Å²) >= 11 is 0. The summed E-state index contributed by atoms with van der Waals surface area (Å²) in [5.74, 6) is -0.833. The van der Waals surface area contributed by atoms with E-state index in [4.69, 9.17) is 4.74 Å². The summed E-state index contributed by atoms with van der Waals surface area (Å²) in [6, 6.07) is 0. The Morgan fingerprint density at radius 3 is 0.886 bits per heavy atom. The van der Waals surface area contributed by atoms with E-state index in [9.17, 15) is 9.59 Å². The summed E-state index contributed by atoms with van der Waals surface area (Å²) in [6.45, 7) is 4.54. The molecule has 0 aromatic carbocycles. The van der Waals surface area contributed by atoms with Crippen LogP contribution in [0.2, 0.25) is 0 Å². The maximum atomic E-state index is 12.2. The third-order valence-corrected chi connectivity index (χ3v) is 8.03. The highest BCUT2D eigenvalue weighted by atomic mass is 16.6. The zero-order valence-electron chi connectivity index (χ0n) is 23.8. The average Bonchev–Trinajstić information content (AvgIpc) is 3.12. The zero-order valence-corrected chi connectivity index (χ0v) is 23.8. The van der Waals surface area contributed by atoms with Gasteiger partial charge in [-0.3, -0.25) is 9.59 Å². The van der Waals surface area contributed by atoms with Crippen LogP contribution in [0.5, 0.6) is 0 Å². The molecule has 0 radical (unpaired) electrons. The van der Waals surface area contributed by atoms with Crippen LogP contribution in [0.1, 0.15) is 181 Å². The average molecular weight is 493 g/mol. The molecule has 2 unspecified atom stereocenters. The maximum Gasteiger partial charge on any atom is 0.317 e. The molecule has 1 heterocycles. The molecule has 206 valence electrons. The Morgan fingerprint density at radius 1 is 0.400 bits per heavy atom. The second-order valence-corrected chi connectivity index (χ2v) is 11.3. The van der Waals surface area contributed by atoms with E-state index in [0.717, 1.165) is 25.7 Å². The van der Waals surface area contributed by atoms with Crippen LogP contribution < -0.4 is 0 Å². The lowest BCUT2D eigenvalue weighted by Crippen LogP contribution is -2.18. The van der Waals surface area contributed by atoms with E-state index in [0.29, 0.717) is 0 Å². The molecule has 3 heteroatoms. The first-order chi connectivity index (χ1) is 17.2. The minimum Gasteiger partial charge on any atom is -0.393 e. The molecule has 0 aromatic rings. The molecule has 0 amide bonds. The summed E-state index contributed by atoms with van der Waals surface area (Å²) in [7, 11) is 0. The van der Waals surface area contributed by atoms with Crippen LogP contribution in [0.25, 0.3) is 0 Å². The van der Waals surface area contributed by atoms with Crippen LogP contribution in [0.4, 0.5) is 0 Å². The third kappa shape index (κ3) is 17.3. The van der Waals surface area contributed by atoms with Crippen molar-refractivity contribution in [1.82, 2.24) is 0 Å². The molecule has 0 bridgehead atoms. The summed E-state index contributed by atoms with van der Waals surface area (Å²) in [6.07, 6.45) is 33.4. The highest BCUT2D eigenvalue weighted by Crippen LogP contribution is 2.32. The van der Waals surface area contributed by atoms with Gasteiger partial charge in [0.15, 0.2) is 0 Å². The first-order valence-corrected chi connectivity index (χ1v) is 16.0. The number of carbonyl (C=O) groups excluding carboxylic acids is 2. The lowest BCUT2D eigenvalue weighted by molar-refractivity contribution is -0.153. The number of rotatable bonds is 26. The lowest BCUT2D eigenvalue weighted by Gasteiger charge is -2.13. The Hall–Kier alpha value is -0.860. The van der Waals surface area contributed by atoms with Crippen molar-refractivity contribution in [2.75, 3.05) is 0 Å². The van der Waals surface area contributed by atoms with E-state index in [1.54, 1.807) is 0 Å². The van der Waals surface area contributed by atoms with Crippen molar-refractivity contribution < 1.29 is 14.3 Å². The molecule has 0 aromatic heterocycles. The molecule has 1 aliphatic heterocycles. The molecular weight excluding hydrogens is 432 g/mol. The number of esters is 2. The van der Waals surface area contributed by atoms with Crippen LogP contribution in [0.15, 0.2) is 0 Å². The van der Waals surface area contributed by atoms with Gasteiger partial charge in [-0.2, -0.15) is 0 Å². The van der Waals surface area contributed by atoms with Crippen molar-refractivity contribution in [1.29, 1.82) is 0 Å². The lowest BCUT2D eigenvalue weighted by atomic mass is 9.86. The Kier molecular flexibility index (Phi) is 21.6. The summed E-state index contributed by atoms with van der Waals surface area (Å²) in [5, 5.41) is 0. The van der Waals surface area contributed by atoms with E-state index in [1.165, 1.54) is 141 Å². The van der Waals surface area contributed by atoms with E-state index in [-0.39, 0.29) is 23.8 Å². The van der Waals surface area contributed by atoms with Crippen LogP contribution in [0.3, 0.4) is 0 Å². The van der Waals surface area contributed by atoms with Gasteiger partial charge in [-0.05, 0) is 12.8 Å². The van der Waals surface area contributed by atoms with Gasteiger partial charge in [0.1, 0.15) is 0 Å². The maximum absolute atomic E-state index is 12.2. The Morgan fingerprint density at radius 2 is 0.629 bits per heavy atom. The van der Waals surface area contributed by atoms with E-state index in [2.05, 4.69) is 13.8 Å². The van der Waals surface area contributed by atoms with Crippen molar-refractivity contribution in [3.63, 3.8) is 0 Å². The fraction of sp³-hybridized carbons (Fsp3) is 0.938. The van der Waals surface area contributed by atoms with Crippen LogP contribution in [0, 0.1) is 11.8 Å². The van der Waals surface area contributed by atoms with Crippen molar-refractivity contribution in [3.8, 4) is 0 Å². The molecule has 2 atom stereocenters. The van der Waals surface area contributed by atoms with Crippen LogP contribution >= 0.6 is 0 Å². The van der Waals surface area contributed by atoms with Gasteiger partial charge < -0.3 is 4.74 Å². The topological polar surface area (TPSA) is 43.4 Å². The number of unbranched alkanes of at least 4 members (excludes halogenated alkanes) is 22. The van der Waals surface area contributed by atoms with Crippen LogP contribution in [-0.4, -0.2) is 11.9 Å². The highest BCUT2D eigenvalue weighted by Gasteiger charge is 2.42. The third-order valence-electron chi connectivity index (χ3n) is 8.03. The molecule has 0 spiro atoms. The second-order valence-electron chi connectivity index (χ2n) is 11.3. The number of hydrogen-bond donors (Lipinski definition) is 0. The minimum absolute atomic E-state index is 0.168. The zero-order chi connectivity index (χ0) is 25.4. The first-order valence-electron chi connectivity index (χ1n) is 16.0. The summed E-state index contributed by atoms with van der Waals surface area (Å²) in [5.41, 5.74) is 0. The monoisotopic (exact) mass is 492 g/mol. The molecule has 35 heavy (non-hydrogen) atoms. The standard InChI is InChI=1S/C32H60O3/c1-3-5-7-9-11-13-15-17-19-21-23-25-27-29-30(32(34)35-31(29)33)28-26-24-22-20-18-16-14-12-10-8-6-4-2/h29-30H,3-28H2,1-2H3. The fourth-order valence-corrected chi connectivity index (χ4v) is 5.63. The van der Waals surface area contributed by atoms with Gasteiger partial charge in [-0.1, -0.05) is 168 Å². The smallest absolute Gasteiger partial charge is 0.317 e. The molecule has 1 fully saturated rings. The van der Waals surface area contributed by atoms with Gasteiger partial charge in [0.2, 0.25) is 0 Å². The number of carbonyl (C=O) groups is 2. The van der Waals surface area contributed by atoms with E-state index >= 15 is 0 Å². The fourth-order valence-electron chi connectivity index (χ4n) is 5.63. The molecule has 1 saturated heterocycles. The second kappa shape index (κ2) is 23.5. The number of hydrogen-bond acceptors (Lipinski definition) is 3. The van der Waals surface area contributed by atoms with Gasteiger partial charge in [-0.15, -0.1) is 0 Å². The normalized spacial score (nSPS) is 17.9. The quantitative estimate of drug-likeness (QED) is 0.0685. The van der Waals surface area contributed by atoms with E-state index < -0.39 is 0 Å². The largest absolute Gasteiger partial charge is 0.393 e. The summed E-state index contributed by atoms with van der Waals surface area (Å²) in [4.78, 5) is 24.4. The van der Waals surface area contributed by atoms with Crippen molar-refractivity contribution in [3.05, 3.63) is 0 Å². The number of cyclic esters (lactones) is 2. The van der Waals surface area contributed by atoms with Gasteiger partial charge in [0, 0.05) is 0 Å². The van der Waals surface area contributed by atoms with Crippen molar-refractivity contribution >= 4 is 11.9 Å². The van der Waals surface area contributed by atoms with Crippen LogP contribution in [-0.2, 0) is 14.3 Å². The Bertz CT molecular complexity index is 457. The Balaban J connectivity index is 1.99. The molecule has 0 aliphatic carbocycles. The Labute approximate surface area is 218 Å². The molecule has 0 saturated carbocycles. The van der Waals surface area contributed by atoms with Gasteiger partial charge in [0.25, 0.3) is 0 Å². The molecular formula is C32H60O3. The van der Waals surface area contributed by atoms with E-state index in [1.807, 2.05) is 0 Å². The summed E-state index contributed by atoms with van der Waals surface area (Å²) < 4.78 is 5.02. The van der Waals surface area contributed by atoms with Gasteiger partial charge >= 0.3 is 11.9 Å². The highest BCUT2D eigenvalue weighted by molar-refractivity contribution is 5.96. The SMILES string of the molecule is CCCCCCCCCCCCCCC1C(=O)OC(=O)C1CCCCCCCCCCCCCC. The minimum atomic E-state index is -0.248. The predicted molar refractivity (Wildman–Crippen MR) is 149 cm³/mol. The van der Waals surface area contributed by atoms with Crippen molar-refractivity contribution in [2.45, 2.75) is 181 Å². The molecule has 3 nitrogen and oxygen atoms in total.